The van der Waals surface area contributed by atoms with Crippen LogP contribution in [-0.4, -0.2) is 31.1 Å². The van der Waals surface area contributed by atoms with Crippen LogP contribution in [0.5, 0.6) is 5.75 Å². The van der Waals surface area contributed by atoms with Crippen molar-refractivity contribution in [3.8, 4) is 11.7 Å². The van der Waals surface area contributed by atoms with Crippen LogP contribution < -0.4 is 0 Å². The number of hydrogen-bond donors (Lipinski definition) is 2. The minimum Gasteiger partial charge on any atom is -0.504 e. The average molecular weight is 178 g/mol. The molecule has 2 aromatic rings. The number of carbonyl (C=O) groups is 1. The van der Waals surface area contributed by atoms with Crippen molar-refractivity contribution < 1.29 is 9.90 Å². The van der Waals surface area contributed by atoms with Crippen LogP contribution in [0.4, 0.5) is 0 Å². The Bertz CT molecular complexity index is 418. The molecule has 2 N–H and O–H groups in total. The molecule has 0 fully saturated rings. The van der Waals surface area contributed by atoms with Crippen LogP contribution >= 0.6 is 0 Å². The van der Waals surface area contributed by atoms with Gasteiger partial charge in [0.15, 0.2) is 17.7 Å². The molecular formula is C7H6N4O2. The van der Waals surface area contributed by atoms with Gasteiger partial charge in [-0.05, 0) is 0 Å². The minimum atomic E-state index is -0.161. The van der Waals surface area contributed by atoms with E-state index >= 15 is 0 Å². The maximum atomic E-state index is 10.3. The lowest BCUT2D eigenvalue weighted by Gasteiger charge is -1.91. The molecule has 13 heavy (non-hydrogen) atoms. The molecule has 6 heteroatoms. The Morgan fingerprint density at radius 2 is 2.46 bits per heavy atom. The van der Waals surface area contributed by atoms with E-state index in [2.05, 4.69) is 15.1 Å². The number of carbonyl (C=O) groups excluding carboxylic acids is 1. The molecular weight excluding hydrogens is 172 g/mol. The maximum absolute atomic E-state index is 10.3. The number of H-pyrrole nitrogens is 1. The largest absolute Gasteiger partial charge is 0.504 e. The first-order chi connectivity index (χ1) is 6.31. The fourth-order valence-electron chi connectivity index (χ4n) is 0.953. The monoisotopic (exact) mass is 178 g/mol. The van der Waals surface area contributed by atoms with Crippen molar-refractivity contribution in [1.82, 2.24) is 19.7 Å². The summed E-state index contributed by atoms with van der Waals surface area (Å²) >= 11 is 0. The predicted octanol–water partition coefficient (Wildman–Crippen LogP) is 0.113. The summed E-state index contributed by atoms with van der Waals surface area (Å²) in [6, 6.07) is 0. The fourth-order valence-corrected chi connectivity index (χ4v) is 0.953. The van der Waals surface area contributed by atoms with E-state index in [1.54, 1.807) is 12.4 Å². The smallest absolute Gasteiger partial charge is 0.228 e. The van der Waals surface area contributed by atoms with Crippen molar-refractivity contribution in [3.05, 3.63) is 24.3 Å². The zero-order valence-corrected chi connectivity index (χ0v) is 6.51. The van der Waals surface area contributed by atoms with Crippen molar-refractivity contribution >= 4 is 6.29 Å². The van der Waals surface area contributed by atoms with Crippen molar-refractivity contribution in [2.45, 2.75) is 0 Å². The van der Waals surface area contributed by atoms with Crippen LogP contribution in [0.1, 0.15) is 10.5 Å². The minimum absolute atomic E-state index is 0.00333. The predicted molar refractivity (Wildman–Crippen MR) is 42.8 cm³/mol. The molecule has 0 aromatic carbocycles. The summed E-state index contributed by atoms with van der Waals surface area (Å²) in [5.41, 5.74) is -0.00333. The molecule has 0 aliphatic rings. The van der Waals surface area contributed by atoms with Crippen LogP contribution in [-0.2, 0) is 0 Å². The number of rotatable bonds is 2. The summed E-state index contributed by atoms with van der Waals surface area (Å²) in [5.74, 6) is 0.287. The number of aromatic amines is 1. The number of imidazole rings is 1. The Morgan fingerprint density at radius 1 is 1.62 bits per heavy atom. The first-order valence-corrected chi connectivity index (χ1v) is 3.55. The Balaban J connectivity index is 2.48. The van der Waals surface area contributed by atoms with Crippen LogP contribution in [0.25, 0.3) is 5.95 Å². The summed E-state index contributed by atoms with van der Waals surface area (Å²) in [6.07, 6.45) is 4.96. The quantitative estimate of drug-likeness (QED) is 0.639. The Morgan fingerprint density at radius 3 is 3.00 bits per heavy atom. The summed E-state index contributed by atoms with van der Waals surface area (Å²) < 4.78 is 1.29. The molecule has 0 aliphatic heterocycles. The lowest BCUT2D eigenvalue weighted by Crippen LogP contribution is -1.97. The second kappa shape index (κ2) is 2.74. The van der Waals surface area contributed by atoms with Gasteiger partial charge in [-0.2, -0.15) is 5.10 Å². The Kier molecular flexibility index (Phi) is 1.59. The zero-order chi connectivity index (χ0) is 9.26. The van der Waals surface area contributed by atoms with Crippen LogP contribution in [0.15, 0.2) is 18.6 Å². The van der Waals surface area contributed by atoms with Gasteiger partial charge in [0.25, 0.3) is 0 Å². The second-order valence-electron chi connectivity index (χ2n) is 2.37. The topological polar surface area (TPSA) is 83.8 Å². The van der Waals surface area contributed by atoms with E-state index in [0.29, 0.717) is 12.2 Å². The SMILES string of the molecule is O=Cc1nn(-c2ncc[nH]2)cc1O. The number of nitrogens with zero attached hydrogens (tertiary/aromatic N) is 3. The molecule has 0 radical (unpaired) electrons. The van der Waals surface area contributed by atoms with Crippen molar-refractivity contribution in [3.63, 3.8) is 0 Å². The van der Waals surface area contributed by atoms with Gasteiger partial charge in [0.05, 0.1) is 6.20 Å². The summed E-state index contributed by atoms with van der Waals surface area (Å²) in [4.78, 5) is 17.0. The van der Waals surface area contributed by atoms with Gasteiger partial charge >= 0.3 is 0 Å². The standard InChI is InChI=1S/C7H6N4O2/c12-4-5-6(13)3-11(10-5)7-8-1-2-9-7/h1-4,13H,(H,8,9). The number of aldehydes is 1. The Labute approximate surface area is 72.8 Å². The number of aromatic nitrogens is 4. The van der Waals surface area contributed by atoms with E-state index in [1.165, 1.54) is 10.9 Å². The molecule has 2 heterocycles. The highest BCUT2D eigenvalue weighted by molar-refractivity contribution is 5.75. The normalized spacial score (nSPS) is 10.2. The van der Waals surface area contributed by atoms with Gasteiger partial charge in [-0.25, -0.2) is 9.67 Å². The highest BCUT2D eigenvalue weighted by atomic mass is 16.3. The summed E-state index contributed by atoms with van der Waals surface area (Å²) in [6.45, 7) is 0. The maximum Gasteiger partial charge on any atom is 0.228 e. The van der Waals surface area contributed by atoms with Crippen molar-refractivity contribution in [2.75, 3.05) is 0 Å². The van der Waals surface area contributed by atoms with Crippen LogP contribution in [0.3, 0.4) is 0 Å². The van der Waals surface area contributed by atoms with Gasteiger partial charge in [0.2, 0.25) is 5.95 Å². The first-order valence-electron chi connectivity index (χ1n) is 3.55. The third kappa shape index (κ3) is 1.18. The number of nitrogens with one attached hydrogen (secondary N) is 1. The van der Waals surface area contributed by atoms with Crippen molar-refractivity contribution in [2.24, 2.45) is 0 Å². The van der Waals surface area contributed by atoms with Gasteiger partial charge in [0, 0.05) is 12.4 Å². The molecule has 0 saturated heterocycles. The van der Waals surface area contributed by atoms with E-state index in [4.69, 9.17) is 0 Å². The molecule has 0 unspecified atom stereocenters. The number of hydrogen-bond acceptors (Lipinski definition) is 4. The van der Waals surface area contributed by atoms with Crippen LogP contribution in [0.2, 0.25) is 0 Å². The van der Waals surface area contributed by atoms with Gasteiger partial charge < -0.3 is 10.1 Å². The van der Waals surface area contributed by atoms with Gasteiger partial charge in [-0.1, -0.05) is 0 Å². The molecule has 66 valence electrons. The zero-order valence-electron chi connectivity index (χ0n) is 6.51. The molecule has 0 aliphatic carbocycles. The lowest BCUT2D eigenvalue weighted by molar-refractivity contribution is 0.111. The third-order valence-electron chi connectivity index (χ3n) is 1.53. The van der Waals surface area contributed by atoms with Crippen molar-refractivity contribution in [1.29, 1.82) is 0 Å². The van der Waals surface area contributed by atoms with Gasteiger partial charge in [0.1, 0.15) is 0 Å². The summed E-state index contributed by atoms with van der Waals surface area (Å²) in [7, 11) is 0. The van der Waals surface area contributed by atoms with Gasteiger partial charge in [-0.3, -0.25) is 4.79 Å². The fraction of sp³-hybridized carbons (Fsp3) is 0. The van der Waals surface area contributed by atoms with E-state index in [9.17, 15) is 9.90 Å². The molecule has 6 nitrogen and oxygen atoms in total. The molecule has 2 aromatic heterocycles. The lowest BCUT2D eigenvalue weighted by atomic mass is 10.4. The highest BCUT2D eigenvalue weighted by Gasteiger charge is 2.08. The second-order valence-corrected chi connectivity index (χ2v) is 2.37. The van der Waals surface area contributed by atoms with E-state index in [1.807, 2.05) is 0 Å². The molecule has 2 rings (SSSR count). The molecule has 0 bridgehead atoms. The third-order valence-corrected chi connectivity index (χ3v) is 1.53. The molecule has 0 spiro atoms. The highest BCUT2D eigenvalue weighted by Crippen LogP contribution is 2.13. The first kappa shape index (κ1) is 7.53. The molecule has 0 saturated carbocycles. The van der Waals surface area contributed by atoms with Crippen LogP contribution in [0, 0.1) is 0 Å². The van der Waals surface area contributed by atoms with E-state index in [0.717, 1.165) is 0 Å². The molecule has 0 atom stereocenters. The average Bonchev–Trinajstić information content (AvgIpc) is 2.71. The van der Waals surface area contributed by atoms with E-state index in [-0.39, 0.29) is 11.4 Å². The number of aromatic hydroxyl groups is 1. The summed E-state index contributed by atoms with van der Waals surface area (Å²) in [5, 5.41) is 12.9. The Hall–Kier alpha value is -2.11. The van der Waals surface area contributed by atoms with Gasteiger partial charge in [-0.15, -0.1) is 0 Å². The molecule has 0 amide bonds. The van der Waals surface area contributed by atoms with E-state index < -0.39 is 0 Å².